The van der Waals surface area contributed by atoms with Gasteiger partial charge in [0.25, 0.3) is 0 Å². The van der Waals surface area contributed by atoms with Gasteiger partial charge in [-0.15, -0.1) is 0 Å². The van der Waals surface area contributed by atoms with Crippen LogP contribution < -0.4 is 10.6 Å². The van der Waals surface area contributed by atoms with Crippen LogP contribution >= 0.6 is 11.6 Å². The van der Waals surface area contributed by atoms with Crippen molar-refractivity contribution in [3.8, 4) is 0 Å². The fraction of sp³-hybridized carbons (Fsp3) is 0.455. The summed E-state index contributed by atoms with van der Waals surface area (Å²) in [5, 5.41) is 37.5. The van der Waals surface area contributed by atoms with Gasteiger partial charge in [0.2, 0.25) is 0 Å². The molecule has 0 unspecified atom stereocenters. The van der Waals surface area contributed by atoms with Gasteiger partial charge in [0.15, 0.2) is 6.35 Å². The second-order valence-corrected chi connectivity index (χ2v) is 8.75. The number of benzene rings is 2. The highest BCUT2D eigenvalue weighted by atomic mass is 35.5. The number of rotatable bonds is 10. The molecule has 0 radical (unpaired) electrons. The summed E-state index contributed by atoms with van der Waals surface area (Å²) in [6, 6.07) is 14.9. The molecule has 2 aromatic rings. The molecule has 0 aliphatic rings. The third-order valence-electron chi connectivity index (χ3n) is 4.66. The van der Waals surface area contributed by atoms with E-state index in [-0.39, 0.29) is 0 Å². The van der Waals surface area contributed by atoms with E-state index in [2.05, 4.69) is 10.6 Å². The molecule has 0 aliphatic carbocycles. The Morgan fingerprint density at radius 2 is 1.52 bits per heavy atom. The molecular weight excluding hydrogens is 390 g/mol. The molecule has 2 atom stereocenters. The van der Waals surface area contributed by atoms with Gasteiger partial charge in [-0.1, -0.05) is 35.9 Å². The van der Waals surface area contributed by atoms with Crippen molar-refractivity contribution < 1.29 is 15.3 Å². The smallest absolute Gasteiger partial charge is 0.181 e. The lowest BCUT2D eigenvalue weighted by molar-refractivity contribution is -0.107. The van der Waals surface area contributed by atoms with Gasteiger partial charge in [-0.3, -0.25) is 10.2 Å². The average molecular weight is 422 g/mol. The van der Waals surface area contributed by atoms with E-state index in [0.29, 0.717) is 24.5 Å². The van der Waals surface area contributed by atoms with E-state index in [1.165, 1.54) is 0 Å². The standard InChI is InChI=1S/C22H32ClN3O3/c1-21(2,28)15-26(4)22(3,29)13-16-7-11-19(12-8-16)25-20(27)24-14-17-5-9-18(23)10-6-17/h5-12,20,24-25,27-29H,13-15H2,1-4H3/t20-,22+/m1/s1. The zero-order chi connectivity index (χ0) is 21.7. The molecule has 0 amide bonds. The van der Waals surface area contributed by atoms with E-state index in [0.717, 1.165) is 16.8 Å². The van der Waals surface area contributed by atoms with Crippen LogP contribution in [0.2, 0.25) is 5.02 Å². The summed E-state index contributed by atoms with van der Waals surface area (Å²) in [5.41, 5.74) is 0.750. The number of nitrogens with zero attached hydrogens (tertiary/aromatic N) is 1. The van der Waals surface area contributed by atoms with Gasteiger partial charge in [0.1, 0.15) is 5.72 Å². The highest BCUT2D eigenvalue weighted by Gasteiger charge is 2.30. The molecule has 0 heterocycles. The molecule has 2 aromatic carbocycles. The van der Waals surface area contributed by atoms with Gasteiger partial charge < -0.3 is 20.6 Å². The first-order valence-electron chi connectivity index (χ1n) is 9.62. The summed E-state index contributed by atoms with van der Waals surface area (Å²) in [6.07, 6.45) is -0.491. The van der Waals surface area contributed by atoms with Crippen molar-refractivity contribution in [1.82, 2.24) is 10.2 Å². The first-order valence-corrected chi connectivity index (χ1v) is 10.00. The fourth-order valence-electron chi connectivity index (χ4n) is 3.02. The highest BCUT2D eigenvalue weighted by molar-refractivity contribution is 6.30. The van der Waals surface area contributed by atoms with Crippen LogP contribution in [0.3, 0.4) is 0 Å². The second kappa shape index (κ2) is 9.89. The molecule has 5 N–H and O–H groups in total. The molecule has 2 rings (SSSR count). The maximum atomic E-state index is 10.8. The van der Waals surface area contributed by atoms with Crippen molar-refractivity contribution in [3.05, 3.63) is 64.7 Å². The van der Waals surface area contributed by atoms with Gasteiger partial charge in [-0.2, -0.15) is 0 Å². The maximum absolute atomic E-state index is 10.8. The van der Waals surface area contributed by atoms with Crippen LogP contribution in [0.4, 0.5) is 5.69 Å². The molecule has 0 fully saturated rings. The van der Waals surface area contributed by atoms with Crippen molar-refractivity contribution in [1.29, 1.82) is 0 Å². The van der Waals surface area contributed by atoms with Gasteiger partial charge in [0, 0.05) is 30.2 Å². The lowest BCUT2D eigenvalue weighted by Gasteiger charge is -2.37. The number of hydrogen-bond acceptors (Lipinski definition) is 6. The molecule has 0 saturated carbocycles. The van der Waals surface area contributed by atoms with E-state index in [4.69, 9.17) is 11.6 Å². The fourth-order valence-corrected chi connectivity index (χ4v) is 3.14. The lowest BCUT2D eigenvalue weighted by Crippen LogP contribution is -2.51. The lowest BCUT2D eigenvalue weighted by atomic mass is 10.0. The van der Waals surface area contributed by atoms with Crippen molar-refractivity contribution in [2.75, 3.05) is 18.9 Å². The Balaban J connectivity index is 1.86. The number of likely N-dealkylation sites (N-methyl/N-ethyl adjacent to an activating group) is 1. The van der Waals surface area contributed by atoms with Crippen molar-refractivity contribution in [2.45, 2.75) is 51.4 Å². The number of anilines is 1. The van der Waals surface area contributed by atoms with Gasteiger partial charge in [-0.25, -0.2) is 0 Å². The zero-order valence-electron chi connectivity index (χ0n) is 17.5. The summed E-state index contributed by atoms with van der Waals surface area (Å²) in [7, 11) is 1.79. The number of aliphatic hydroxyl groups excluding tert-OH is 1. The first kappa shape index (κ1) is 23.6. The monoisotopic (exact) mass is 421 g/mol. The molecular formula is C22H32ClN3O3. The normalized spacial score (nSPS) is 15.2. The third-order valence-corrected chi connectivity index (χ3v) is 4.91. The minimum atomic E-state index is -1.09. The van der Waals surface area contributed by atoms with Gasteiger partial charge in [-0.05, 0) is 63.2 Å². The largest absolute Gasteiger partial charge is 0.389 e. The zero-order valence-corrected chi connectivity index (χ0v) is 18.2. The van der Waals surface area contributed by atoms with E-state index in [1.807, 2.05) is 48.5 Å². The predicted molar refractivity (Wildman–Crippen MR) is 118 cm³/mol. The Bertz CT molecular complexity index is 758. The molecule has 7 heteroatoms. The minimum Gasteiger partial charge on any atom is -0.389 e. The van der Waals surface area contributed by atoms with Crippen LogP contribution in [0, 0.1) is 0 Å². The maximum Gasteiger partial charge on any atom is 0.181 e. The van der Waals surface area contributed by atoms with Crippen molar-refractivity contribution >= 4 is 17.3 Å². The molecule has 0 aromatic heterocycles. The van der Waals surface area contributed by atoms with Crippen LogP contribution in [-0.2, 0) is 13.0 Å². The third kappa shape index (κ3) is 8.30. The summed E-state index contributed by atoms with van der Waals surface area (Å²) < 4.78 is 0. The van der Waals surface area contributed by atoms with Crippen LogP contribution in [0.25, 0.3) is 0 Å². The van der Waals surface area contributed by atoms with Crippen molar-refractivity contribution in [3.63, 3.8) is 0 Å². The minimum absolute atomic E-state index is 0.352. The topological polar surface area (TPSA) is 88.0 Å². The Hall–Kier alpha value is -1.67. The predicted octanol–water partition coefficient (Wildman–Crippen LogP) is 2.77. The Labute approximate surface area is 178 Å². The summed E-state index contributed by atoms with van der Waals surface area (Å²) in [5.74, 6) is 0. The highest BCUT2D eigenvalue weighted by Crippen LogP contribution is 2.20. The second-order valence-electron chi connectivity index (χ2n) is 8.31. The molecule has 0 saturated heterocycles. The number of hydrogen-bond donors (Lipinski definition) is 5. The number of aliphatic hydroxyl groups is 3. The molecule has 0 spiro atoms. The number of nitrogens with one attached hydrogen (secondary N) is 2. The quantitative estimate of drug-likeness (QED) is 0.379. The van der Waals surface area contributed by atoms with E-state index in [9.17, 15) is 15.3 Å². The first-order chi connectivity index (χ1) is 13.4. The Kier molecular flexibility index (Phi) is 8.05. The van der Waals surface area contributed by atoms with Crippen LogP contribution in [-0.4, -0.2) is 51.5 Å². The van der Waals surface area contributed by atoms with Crippen LogP contribution in [0.5, 0.6) is 0 Å². The van der Waals surface area contributed by atoms with E-state index >= 15 is 0 Å². The molecule has 6 nitrogen and oxygen atoms in total. The Morgan fingerprint density at radius 3 is 2.07 bits per heavy atom. The summed E-state index contributed by atoms with van der Waals surface area (Å²) in [6.45, 7) is 6.01. The molecule has 0 aliphatic heterocycles. The molecule has 160 valence electrons. The number of halogens is 1. The average Bonchev–Trinajstić information content (AvgIpc) is 2.61. The van der Waals surface area contributed by atoms with Gasteiger partial charge >= 0.3 is 0 Å². The van der Waals surface area contributed by atoms with Crippen molar-refractivity contribution in [2.24, 2.45) is 0 Å². The molecule has 0 bridgehead atoms. The van der Waals surface area contributed by atoms with Crippen LogP contribution in [0.1, 0.15) is 31.9 Å². The van der Waals surface area contributed by atoms with E-state index in [1.54, 1.807) is 32.7 Å². The summed E-state index contributed by atoms with van der Waals surface area (Å²) >= 11 is 5.87. The SMILES string of the molecule is CN(CC(C)(C)O)[C@@](C)(O)Cc1ccc(N[C@H](O)NCc2ccc(Cl)cc2)cc1. The Morgan fingerprint density at radius 1 is 0.966 bits per heavy atom. The molecule has 29 heavy (non-hydrogen) atoms. The van der Waals surface area contributed by atoms with Gasteiger partial charge in [0.05, 0.1) is 5.60 Å². The summed E-state index contributed by atoms with van der Waals surface area (Å²) in [4.78, 5) is 1.74. The van der Waals surface area contributed by atoms with E-state index < -0.39 is 17.7 Å². The van der Waals surface area contributed by atoms with Crippen LogP contribution in [0.15, 0.2) is 48.5 Å².